The highest BCUT2D eigenvalue weighted by Crippen LogP contribution is 2.37. The van der Waals surface area contributed by atoms with Gasteiger partial charge >= 0.3 is 0 Å². The first-order chi connectivity index (χ1) is 10.9. The third-order valence-corrected chi connectivity index (χ3v) is 5.23. The van der Waals surface area contributed by atoms with Crippen molar-refractivity contribution in [1.82, 2.24) is 0 Å². The van der Waals surface area contributed by atoms with Gasteiger partial charge in [-0.3, -0.25) is 4.79 Å². The predicted octanol–water partition coefficient (Wildman–Crippen LogP) is 5.63. The number of benzene rings is 1. The monoisotopic (exact) mass is 346 g/mol. The largest absolute Gasteiger partial charge is 0.281 e. The lowest BCUT2D eigenvalue weighted by Crippen LogP contribution is -2.27. The zero-order valence-corrected chi connectivity index (χ0v) is 14.0. The Bertz CT molecular complexity index is 530. The van der Waals surface area contributed by atoms with Crippen molar-refractivity contribution in [3.63, 3.8) is 0 Å². The third-order valence-electron chi connectivity index (χ3n) is 4.95. The predicted molar refractivity (Wildman–Crippen MR) is 84.7 cm³/mol. The molecule has 1 atom stereocenters. The second-order valence-corrected chi connectivity index (χ2v) is 6.93. The normalized spacial score (nSPS) is 22.8. The van der Waals surface area contributed by atoms with Gasteiger partial charge in [-0.2, -0.15) is 0 Å². The maximum absolute atomic E-state index is 13.3. The summed E-state index contributed by atoms with van der Waals surface area (Å²) in [5.41, 5.74) is 0.274. The number of hydrogen-bond acceptors (Lipinski definition) is 1. The second-order valence-electron chi connectivity index (χ2n) is 6.56. The SMILES string of the molecule is CCC[C@H]1CC[C@H](C(Cc2cc(F)c(F)c(F)c2)C(=O)Cl)CC1. The smallest absolute Gasteiger partial charge is 0.225 e. The van der Waals surface area contributed by atoms with Crippen LogP contribution in [0.25, 0.3) is 0 Å². The van der Waals surface area contributed by atoms with E-state index in [0.29, 0.717) is 5.92 Å². The topological polar surface area (TPSA) is 17.1 Å². The Labute approximate surface area is 140 Å². The van der Waals surface area contributed by atoms with Gasteiger partial charge in [0.05, 0.1) is 0 Å². The first-order valence-electron chi connectivity index (χ1n) is 8.25. The highest BCUT2D eigenvalue weighted by molar-refractivity contribution is 6.64. The fourth-order valence-corrected chi connectivity index (χ4v) is 3.95. The molecule has 0 amide bonds. The molecule has 1 nitrogen and oxygen atoms in total. The molecule has 1 saturated carbocycles. The molecule has 2 rings (SSSR count). The van der Waals surface area contributed by atoms with Gasteiger partial charge in [-0.1, -0.05) is 32.6 Å². The van der Waals surface area contributed by atoms with Gasteiger partial charge in [-0.05, 0) is 60.4 Å². The number of rotatable bonds is 6. The Balaban J connectivity index is 2.07. The standard InChI is InChI=1S/C18H22ClF3O/c1-2-3-11-4-6-13(7-5-11)14(18(19)23)8-12-9-15(20)17(22)16(21)10-12/h9-11,13-14H,2-8H2,1H3/t11-,13-,14?. The van der Waals surface area contributed by atoms with Crippen LogP contribution in [0.15, 0.2) is 12.1 Å². The first kappa shape index (κ1) is 18.3. The van der Waals surface area contributed by atoms with E-state index in [1.807, 2.05) is 0 Å². The van der Waals surface area contributed by atoms with Crippen LogP contribution in [0.2, 0.25) is 0 Å². The summed E-state index contributed by atoms with van der Waals surface area (Å²) in [6, 6.07) is 1.90. The molecule has 0 radical (unpaired) electrons. The van der Waals surface area contributed by atoms with Gasteiger partial charge in [-0.25, -0.2) is 13.2 Å². The Hall–Kier alpha value is -1.03. The van der Waals surface area contributed by atoms with Crippen molar-refractivity contribution in [2.24, 2.45) is 17.8 Å². The third kappa shape index (κ3) is 4.72. The molecule has 1 aromatic carbocycles. The van der Waals surface area contributed by atoms with Crippen LogP contribution in [-0.2, 0) is 11.2 Å². The molecule has 1 aromatic rings. The maximum Gasteiger partial charge on any atom is 0.225 e. The summed E-state index contributed by atoms with van der Waals surface area (Å²) < 4.78 is 39.7. The van der Waals surface area contributed by atoms with Crippen molar-refractivity contribution in [1.29, 1.82) is 0 Å². The van der Waals surface area contributed by atoms with E-state index in [0.717, 1.165) is 44.2 Å². The number of halogens is 4. The van der Waals surface area contributed by atoms with Gasteiger partial charge in [0.15, 0.2) is 17.5 Å². The fraction of sp³-hybridized carbons (Fsp3) is 0.611. The van der Waals surface area contributed by atoms with Crippen molar-refractivity contribution in [2.75, 3.05) is 0 Å². The summed E-state index contributed by atoms with van der Waals surface area (Å²) in [5.74, 6) is -3.58. The highest BCUT2D eigenvalue weighted by atomic mass is 35.5. The van der Waals surface area contributed by atoms with Gasteiger partial charge in [-0.15, -0.1) is 0 Å². The number of carbonyl (C=O) groups excluding carboxylic acids is 1. The van der Waals surface area contributed by atoms with E-state index in [1.54, 1.807) is 0 Å². The molecule has 0 aliphatic heterocycles. The minimum Gasteiger partial charge on any atom is -0.281 e. The molecule has 23 heavy (non-hydrogen) atoms. The van der Waals surface area contributed by atoms with Crippen molar-refractivity contribution in [2.45, 2.75) is 51.9 Å². The van der Waals surface area contributed by atoms with Crippen molar-refractivity contribution in [3.05, 3.63) is 35.1 Å². The molecule has 0 aromatic heterocycles. The van der Waals surface area contributed by atoms with Crippen LogP contribution in [0, 0.1) is 35.2 Å². The molecule has 0 bridgehead atoms. The summed E-state index contributed by atoms with van der Waals surface area (Å²) in [4.78, 5) is 11.8. The lowest BCUT2D eigenvalue weighted by Gasteiger charge is -2.32. The summed E-state index contributed by atoms with van der Waals surface area (Å²) in [6.45, 7) is 2.16. The summed E-state index contributed by atoms with van der Waals surface area (Å²) in [5, 5.41) is -0.478. The summed E-state index contributed by atoms with van der Waals surface area (Å²) in [6.07, 6.45) is 6.43. The maximum atomic E-state index is 13.3. The van der Waals surface area contributed by atoms with Gasteiger partial charge in [0.25, 0.3) is 0 Å². The number of carbonyl (C=O) groups is 1. The zero-order chi connectivity index (χ0) is 17.0. The Morgan fingerprint density at radius 1 is 1.17 bits per heavy atom. The van der Waals surface area contributed by atoms with Gasteiger partial charge in [0.2, 0.25) is 5.24 Å². The van der Waals surface area contributed by atoms with Gasteiger partial charge < -0.3 is 0 Å². The average molecular weight is 347 g/mol. The minimum atomic E-state index is -1.48. The Kier molecular flexibility index (Phi) is 6.51. The molecule has 128 valence electrons. The Morgan fingerprint density at radius 3 is 2.22 bits per heavy atom. The van der Waals surface area contributed by atoms with Crippen molar-refractivity contribution in [3.8, 4) is 0 Å². The first-order valence-corrected chi connectivity index (χ1v) is 8.62. The van der Waals surface area contributed by atoms with E-state index < -0.39 is 28.6 Å². The fourth-order valence-electron chi connectivity index (χ4n) is 3.70. The number of hydrogen-bond donors (Lipinski definition) is 0. The highest BCUT2D eigenvalue weighted by Gasteiger charge is 2.31. The van der Waals surface area contributed by atoms with E-state index in [4.69, 9.17) is 11.6 Å². The lowest BCUT2D eigenvalue weighted by atomic mass is 9.73. The van der Waals surface area contributed by atoms with Crippen LogP contribution in [0.1, 0.15) is 51.0 Å². The average Bonchev–Trinajstić information content (AvgIpc) is 2.51. The van der Waals surface area contributed by atoms with E-state index in [9.17, 15) is 18.0 Å². The van der Waals surface area contributed by atoms with E-state index in [1.165, 1.54) is 6.42 Å². The van der Waals surface area contributed by atoms with Crippen LogP contribution < -0.4 is 0 Å². The lowest BCUT2D eigenvalue weighted by molar-refractivity contribution is -0.117. The van der Waals surface area contributed by atoms with E-state index in [2.05, 4.69) is 6.92 Å². The molecular formula is C18H22ClF3O. The second kappa shape index (κ2) is 8.18. The zero-order valence-electron chi connectivity index (χ0n) is 13.3. The molecule has 1 unspecified atom stereocenters. The molecule has 0 N–H and O–H groups in total. The van der Waals surface area contributed by atoms with E-state index in [-0.39, 0.29) is 17.9 Å². The van der Waals surface area contributed by atoms with Crippen LogP contribution >= 0.6 is 11.6 Å². The molecule has 1 fully saturated rings. The van der Waals surface area contributed by atoms with Crippen LogP contribution in [0.3, 0.4) is 0 Å². The molecule has 0 saturated heterocycles. The van der Waals surface area contributed by atoms with Crippen LogP contribution in [0.4, 0.5) is 13.2 Å². The van der Waals surface area contributed by atoms with Crippen molar-refractivity contribution < 1.29 is 18.0 Å². The Morgan fingerprint density at radius 2 is 1.74 bits per heavy atom. The molecule has 0 heterocycles. The van der Waals surface area contributed by atoms with Gasteiger partial charge in [0, 0.05) is 5.92 Å². The molecule has 1 aliphatic rings. The van der Waals surface area contributed by atoms with E-state index >= 15 is 0 Å². The summed E-state index contributed by atoms with van der Waals surface area (Å²) in [7, 11) is 0. The van der Waals surface area contributed by atoms with Crippen molar-refractivity contribution >= 4 is 16.8 Å². The molecule has 0 spiro atoms. The summed E-state index contributed by atoms with van der Waals surface area (Å²) >= 11 is 5.73. The van der Waals surface area contributed by atoms with Crippen LogP contribution in [0.5, 0.6) is 0 Å². The quantitative estimate of drug-likeness (QED) is 0.481. The minimum absolute atomic E-state index is 0.129. The molecule has 1 aliphatic carbocycles. The molecule has 5 heteroatoms. The molecular weight excluding hydrogens is 325 g/mol. The van der Waals surface area contributed by atoms with Crippen LogP contribution in [-0.4, -0.2) is 5.24 Å². The van der Waals surface area contributed by atoms with Gasteiger partial charge in [0.1, 0.15) is 0 Å².